The number of aromatic nitrogens is 2. The van der Waals surface area contributed by atoms with E-state index in [2.05, 4.69) is 21.4 Å². The van der Waals surface area contributed by atoms with Crippen LogP contribution in [0.3, 0.4) is 0 Å². The predicted octanol–water partition coefficient (Wildman–Crippen LogP) is 2.76. The minimum absolute atomic E-state index is 0.000756. The van der Waals surface area contributed by atoms with E-state index < -0.39 is 11.0 Å². The topological polar surface area (TPSA) is 76.5 Å². The summed E-state index contributed by atoms with van der Waals surface area (Å²) in [4.78, 5) is 14.9. The van der Waals surface area contributed by atoms with Gasteiger partial charge >= 0.3 is 0 Å². The monoisotopic (exact) mass is 466 g/mol. The van der Waals surface area contributed by atoms with Crippen molar-refractivity contribution < 1.29 is 18.1 Å². The van der Waals surface area contributed by atoms with Crippen LogP contribution in [0.2, 0.25) is 0 Å². The van der Waals surface area contributed by atoms with Crippen molar-refractivity contribution in [1.82, 2.24) is 19.4 Å². The highest BCUT2D eigenvalue weighted by Gasteiger charge is 2.45. The van der Waals surface area contributed by atoms with Crippen molar-refractivity contribution in [2.24, 2.45) is 0 Å². The average Bonchev–Trinajstić information content (AvgIpc) is 3.54. The first kappa shape index (κ1) is 20.6. The summed E-state index contributed by atoms with van der Waals surface area (Å²) in [5.74, 6) is 0.529. The molecule has 1 N–H and O–H groups in total. The Morgan fingerprint density at radius 2 is 1.94 bits per heavy atom. The summed E-state index contributed by atoms with van der Waals surface area (Å²) in [7, 11) is -1.50. The van der Waals surface area contributed by atoms with Crippen molar-refractivity contribution >= 4 is 16.9 Å². The van der Waals surface area contributed by atoms with Crippen LogP contribution in [0.4, 0.5) is 4.39 Å². The Morgan fingerprint density at radius 1 is 1.15 bits per heavy atom. The Hall–Kier alpha value is -3.04. The lowest BCUT2D eigenvalue weighted by Gasteiger charge is -2.38. The third kappa shape index (κ3) is 3.46. The highest BCUT2D eigenvalue weighted by molar-refractivity contribution is 7.83. The summed E-state index contributed by atoms with van der Waals surface area (Å²) >= 11 is 0. The van der Waals surface area contributed by atoms with Crippen molar-refractivity contribution in [3.8, 4) is 5.75 Å². The van der Waals surface area contributed by atoms with Gasteiger partial charge in [0.1, 0.15) is 11.6 Å². The number of carbonyl (C=O) groups is 1. The van der Waals surface area contributed by atoms with Crippen LogP contribution in [0.1, 0.15) is 39.9 Å². The Labute approximate surface area is 193 Å². The number of ether oxygens (including phenoxy) is 1. The second-order valence-electron chi connectivity index (χ2n) is 8.95. The third-order valence-corrected chi connectivity index (χ3v) is 8.23. The summed E-state index contributed by atoms with van der Waals surface area (Å²) in [6.45, 7) is 3.78. The number of nitrogens with zero attached hydrogens (tertiary/aromatic N) is 3. The lowest BCUT2D eigenvalue weighted by molar-refractivity contribution is 0.0965. The number of fused-ring (bicyclic) bond motifs is 4. The minimum Gasteiger partial charge on any atom is -0.492 e. The van der Waals surface area contributed by atoms with E-state index >= 15 is 0 Å². The quantitative estimate of drug-likeness (QED) is 0.640. The van der Waals surface area contributed by atoms with Gasteiger partial charge in [-0.1, -0.05) is 6.07 Å². The maximum atomic E-state index is 13.1. The fraction of sp³-hybridized carbons (Fsp3) is 0.333. The van der Waals surface area contributed by atoms with Crippen LogP contribution in [0.5, 0.6) is 5.75 Å². The van der Waals surface area contributed by atoms with Gasteiger partial charge in [-0.2, -0.15) is 9.19 Å². The first-order chi connectivity index (χ1) is 16.0. The van der Waals surface area contributed by atoms with Gasteiger partial charge in [-0.25, -0.2) is 8.60 Å². The molecule has 1 saturated heterocycles. The number of likely N-dealkylation sites (tertiary alicyclic amines) is 1. The molecule has 1 fully saturated rings. The fourth-order valence-corrected chi connectivity index (χ4v) is 6.08. The normalized spacial score (nSPS) is 19.7. The number of nitrogens with one attached hydrogen (secondary N) is 1. The fourth-order valence-electron chi connectivity index (χ4n) is 5.13. The first-order valence-corrected chi connectivity index (χ1v) is 12.1. The number of halogens is 1. The maximum Gasteiger partial charge on any atom is 0.252 e. The van der Waals surface area contributed by atoms with Gasteiger partial charge in [-0.3, -0.25) is 9.69 Å². The van der Waals surface area contributed by atoms with Gasteiger partial charge in [0.2, 0.25) is 0 Å². The van der Waals surface area contributed by atoms with Gasteiger partial charge in [-0.15, -0.1) is 0 Å². The highest BCUT2D eigenvalue weighted by atomic mass is 32.2. The van der Waals surface area contributed by atoms with Crippen LogP contribution in [0, 0.1) is 5.82 Å². The number of piperidine rings is 1. The van der Waals surface area contributed by atoms with Crippen LogP contribution in [0.15, 0.2) is 53.7 Å². The van der Waals surface area contributed by atoms with E-state index in [0.717, 1.165) is 54.9 Å². The van der Waals surface area contributed by atoms with E-state index in [1.54, 1.807) is 12.4 Å². The zero-order chi connectivity index (χ0) is 22.6. The third-order valence-electron chi connectivity index (χ3n) is 7.01. The Kier molecular flexibility index (Phi) is 4.84. The molecular formula is C24H23FN4O3S. The van der Waals surface area contributed by atoms with Crippen LogP contribution in [-0.2, 0) is 29.5 Å². The van der Waals surface area contributed by atoms with E-state index in [0.29, 0.717) is 18.0 Å². The largest absolute Gasteiger partial charge is 0.492 e. The average molecular weight is 467 g/mol. The number of hydrogen-bond acceptors (Lipinski definition) is 5. The summed E-state index contributed by atoms with van der Waals surface area (Å²) in [6, 6.07) is 9.65. The molecule has 3 aromatic rings. The van der Waals surface area contributed by atoms with E-state index in [-0.39, 0.29) is 17.1 Å². The van der Waals surface area contributed by atoms with Crippen LogP contribution < -0.4 is 10.1 Å². The molecule has 1 atom stereocenters. The molecule has 7 nitrogen and oxygen atoms in total. The van der Waals surface area contributed by atoms with Crippen LogP contribution in [-0.4, -0.2) is 43.9 Å². The van der Waals surface area contributed by atoms with Crippen molar-refractivity contribution in [1.29, 1.82) is 0 Å². The molecule has 1 spiro atoms. The van der Waals surface area contributed by atoms with Gasteiger partial charge in [0.25, 0.3) is 5.91 Å². The summed E-state index contributed by atoms with van der Waals surface area (Å²) in [5.41, 5.74) is 3.96. The molecule has 0 aliphatic carbocycles. The van der Waals surface area contributed by atoms with E-state index in [1.807, 2.05) is 6.07 Å². The second kappa shape index (κ2) is 7.78. The summed E-state index contributed by atoms with van der Waals surface area (Å²) < 4.78 is 33.4. The second-order valence-corrected chi connectivity index (χ2v) is 10.3. The summed E-state index contributed by atoms with van der Waals surface area (Å²) in [6.07, 6.45) is 5.50. The highest BCUT2D eigenvalue weighted by Crippen LogP contribution is 2.48. The molecular weight excluding hydrogens is 443 g/mol. The van der Waals surface area contributed by atoms with Gasteiger partial charge in [0.15, 0.2) is 11.0 Å². The van der Waals surface area contributed by atoms with E-state index in [1.165, 1.54) is 33.9 Å². The smallest absolute Gasteiger partial charge is 0.252 e. The SMILES string of the molecule is O=C1NCc2c1ccc1c2OCC12CCN(Cc1cnn(S(=O)c3ccc(F)cc3)c1)CC2. The molecule has 6 rings (SSSR count). The van der Waals surface area contributed by atoms with E-state index in [9.17, 15) is 13.4 Å². The van der Waals surface area contributed by atoms with Crippen molar-refractivity contribution in [3.63, 3.8) is 0 Å². The van der Waals surface area contributed by atoms with Crippen LogP contribution >= 0.6 is 0 Å². The number of rotatable bonds is 4. The van der Waals surface area contributed by atoms with Gasteiger partial charge in [0.05, 0.1) is 17.7 Å². The Morgan fingerprint density at radius 3 is 2.73 bits per heavy atom. The van der Waals surface area contributed by atoms with Crippen LogP contribution in [0.25, 0.3) is 0 Å². The lowest BCUT2D eigenvalue weighted by Crippen LogP contribution is -2.43. The molecule has 3 aliphatic heterocycles. The maximum absolute atomic E-state index is 13.1. The zero-order valence-corrected chi connectivity index (χ0v) is 18.7. The molecule has 0 saturated carbocycles. The van der Waals surface area contributed by atoms with Crippen molar-refractivity contribution in [2.45, 2.75) is 36.2 Å². The zero-order valence-electron chi connectivity index (χ0n) is 17.9. The summed E-state index contributed by atoms with van der Waals surface area (Å²) in [5, 5.41) is 7.15. The number of carbonyl (C=O) groups excluding carboxylic acids is 1. The Balaban J connectivity index is 1.13. The van der Waals surface area contributed by atoms with Gasteiger partial charge in [0, 0.05) is 47.0 Å². The molecule has 170 valence electrons. The molecule has 3 aliphatic rings. The number of hydrogen-bond donors (Lipinski definition) is 1. The van der Waals surface area contributed by atoms with E-state index in [4.69, 9.17) is 4.74 Å². The van der Waals surface area contributed by atoms with Gasteiger partial charge in [-0.05, 0) is 56.3 Å². The standard InChI is InChI=1S/C24H23FN4O3S/c25-17-1-3-18(4-2-17)33(31)29-14-16(11-27-29)13-28-9-7-24(8-10-28)15-32-22-20-12-26-23(30)19(20)5-6-21(22)24/h1-6,11,14H,7-10,12-13,15H2,(H,26,30). The molecule has 1 amide bonds. The predicted molar refractivity (Wildman–Crippen MR) is 120 cm³/mol. The van der Waals surface area contributed by atoms with Crippen molar-refractivity contribution in [2.75, 3.05) is 19.7 Å². The first-order valence-electron chi connectivity index (χ1n) is 11.0. The molecule has 1 aromatic heterocycles. The molecule has 0 radical (unpaired) electrons. The molecule has 9 heteroatoms. The number of amides is 1. The Bertz CT molecular complexity index is 1270. The molecule has 2 aromatic carbocycles. The molecule has 33 heavy (non-hydrogen) atoms. The number of benzene rings is 2. The molecule has 4 heterocycles. The minimum atomic E-state index is -1.50. The molecule has 1 unspecified atom stereocenters. The lowest BCUT2D eigenvalue weighted by atomic mass is 9.74. The van der Waals surface area contributed by atoms with Crippen molar-refractivity contribution in [3.05, 3.63) is 76.9 Å². The molecule has 0 bridgehead atoms. The van der Waals surface area contributed by atoms with Gasteiger partial charge < -0.3 is 10.1 Å².